The van der Waals surface area contributed by atoms with Crippen LogP contribution in [0.2, 0.25) is 0 Å². The van der Waals surface area contributed by atoms with E-state index in [9.17, 15) is 13.2 Å². The summed E-state index contributed by atoms with van der Waals surface area (Å²) in [4.78, 5) is 12.1. The lowest BCUT2D eigenvalue weighted by atomic mass is 10.0. The first-order valence-corrected chi connectivity index (χ1v) is 8.75. The molecule has 2 rings (SSSR count). The zero-order valence-electron chi connectivity index (χ0n) is 13.2. The lowest BCUT2D eigenvalue weighted by molar-refractivity contribution is -0.120. The highest BCUT2D eigenvalue weighted by Crippen LogP contribution is 2.12. The van der Waals surface area contributed by atoms with E-state index in [-0.39, 0.29) is 10.8 Å². The average molecular weight is 332 g/mol. The monoisotopic (exact) mass is 332 g/mol. The van der Waals surface area contributed by atoms with Crippen LogP contribution in [0.4, 0.5) is 0 Å². The minimum atomic E-state index is -3.69. The van der Waals surface area contributed by atoms with E-state index < -0.39 is 10.0 Å². The molecule has 0 aliphatic heterocycles. The molecule has 0 saturated heterocycles. The molecule has 0 heterocycles. The van der Waals surface area contributed by atoms with Crippen molar-refractivity contribution in [3.8, 4) is 0 Å². The number of nitrogens with one attached hydrogen (secondary N) is 1. The maximum Gasteiger partial charge on any atom is 0.238 e. The first kappa shape index (κ1) is 17.2. The number of hydrogen-bond acceptors (Lipinski definition) is 3. The van der Waals surface area contributed by atoms with E-state index in [1.165, 1.54) is 12.1 Å². The first-order chi connectivity index (χ1) is 10.8. The zero-order valence-corrected chi connectivity index (χ0v) is 14.0. The predicted octanol–water partition coefficient (Wildman–Crippen LogP) is 1.81. The Morgan fingerprint density at radius 3 is 2.35 bits per heavy atom. The number of rotatable bonds is 5. The van der Waals surface area contributed by atoms with E-state index in [1.54, 1.807) is 12.1 Å². The van der Waals surface area contributed by atoms with Gasteiger partial charge in [-0.1, -0.05) is 35.9 Å². The van der Waals surface area contributed by atoms with E-state index in [4.69, 9.17) is 5.14 Å². The quantitative estimate of drug-likeness (QED) is 0.875. The van der Waals surface area contributed by atoms with Gasteiger partial charge in [0, 0.05) is 6.54 Å². The van der Waals surface area contributed by atoms with Gasteiger partial charge in [-0.05, 0) is 42.7 Å². The molecule has 5 nitrogen and oxygen atoms in total. The predicted molar refractivity (Wildman–Crippen MR) is 89.3 cm³/mol. The molecule has 1 amide bonds. The van der Waals surface area contributed by atoms with Crippen molar-refractivity contribution in [2.24, 2.45) is 5.14 Å². The van der Waals surface area contributed by atoms with Crippen LogP contribution in [-0.4, -0.2) is 14.3 Å². The largest absolute Gasteiger partial charge is 0.352 e. The summed E-state index contributed by atoms with van der Waals surface area (Å²) in [5.74, 6) is -0.0748. The van der Waals surface area contributed by atoms with Crippen molar-refractivity contribution in [3.05, 3.63) is 64.7 Å². The fraction of sp³-hybridized carbons (Fsp3) is 0.235. The lowest BCUT2D eigenvalue weighted by Crippen LogP contribution is -2.25. The van der Waals surface area contributed by atoms with Crippen LogP contribution in [0.3, 0.4) is 0 Å². The van der Waals surface area contributed by atoms with Crippen LogP contribution in [0.5, 0.6) is 0 Å². The van der Waals surface area contributed by atoms with Crippen LogP contribution in [0, 0.1) is 13.8 Å². The number of aryl methyl sites for hydroxylation is 2. The van der Waals surface area contributed by atoms with E-state index in [1.807, 2.05) is 32.0 Å². The molecular formula is C17H20N2O3S. The number of nitrogens with two attached hydrogens (primary N) is 1. The summed E-state index contributed by atoms with van der Waals surface area (Å²) < 4.78 is 22.4. The van der Waals surface area contributed by atoms with Crippen molar-refractivity contribution in [3.63, 3.8) is 0 Å². The molecule has 0 spiro atoms. The van der Waals surface area contributed by atoms with Gasteiger partial charge in [0.15, 0.2) is 0 Å². The Hall–Kier alpha value is -2.18. The van der Waals surface area contributed by atoms with Gasteiger partial charge in [0.25, 0.3) is 0 Å². The molecule has 23 heavy (non-hydrogen) atoms. The third-order valence-electron chi connectivity index (χ3n) is 3.60. The number of carbonyl (C=O) groups is 1. The van der Waals surface area contributed by atoms with Crippen molar-refractivity contribution >= 4 is 15.9 Å². The van der Waals surface area contributed by atoms with Crippen LogP contribution in [-0.2, 0) is 27.8 Å². The molecule has 122 valence electrons. The third-order valence-corrected chi connectivity index (χ3v) is 4.53. The molecule has 0 aliphatic carbocycles. The molecule has 0 unspecified atom stereocenters. The highest BCUT2D eigenvalue weighted by atomic mass is 32.2. The first-order valence-electron chi connectivity index (χ1n) is 7.20. The van der Waals surface area contributed by atoms with Gasteiger partial charge in [0.05, 0.1) is 11.3 Å². The maximum absolute atomic E-state index is 12.0. The smallest absolute Gasteiger partial charge is 0.238 e. The molecule has 0 radical (unpaired) electrons. The molecule has 2 aromatic rings. The van der Waals surface area contributed by atoms with E-state index in [2.05, 4.69) is 5.32 Å². The summed E-state index contributed by atoms with van der Waals surface area (Å²) in [5, 5.41) is 7.88. The molecule has 0 atom stereocenters. The number of primary sulfonamides is 1. The van der Waals surface area contributed by atoms with Crippen molar-refractivity contribution < 1.29 is 13.2 Å². The van der Waals surface area contributed by atoms with Gasteiger partial charge in [0.1, 0.15) is 0 Å². The Balaban J connectivity index is 1.95. The Bertz CT molecular complexity index is 812. The second kappa shape index (κ2) is 6.93. The number of amides is 1. The van der Waals surface area contributed by atoms with Gasteiger partial charge in [0.2, 0.25) is 15.9 Å². The number of carbonyl (C=O) groups excluding carboxylic acids is 1. The Morgan fingerprint density at radius 1 is 1.09 bits per heavy atom. The number of hydrogen-bond donors (Lipinski definition) is 2. The number of benzene rings is 2. The van der Waals surface area contributed by atoms with Gasteiger partial charge in [-0.3, -0.25) is 4.79 Å². The van der Waals surface area contributed by atoms with E-state index in [0.717, 1.165) is 22.3 Å². The summed E-state index contributed by atoms with van der Waals surface area (Å²) in [5.41, 5.74) is 4.03. The highest BCUT2D eigenvalue weighted by molar-refractivity contribution is 7.89. The molecule has 0 aliphatic rings. The summed E-state index contributed by atoms with van der Waals surface area (Å²) in [6.07, 6.45) is 0.322. The molecule has 0 bridgehead atoms. The van der Waals surface area contributed by atoms with E-state index in [0.29, 0.717) is 13.0 Å². The third kappa shape index (κ3) is 4.91. The average Bonchev–Trinajstić information content (AvgIpc) is 2.48. The Kier molecular flexibility index (Phi) is 5.18. The van der Waals surface area contributed by atoms with Crippen molar-refractivity contribution in [2.45, 2.75) is 31.7 Å². The summed E-state index contributed by atoms with van der Waals surface area (Å²) in [6, 6.07) is 12.2. The van der Waals surface area contributed by atoms with Crippen molar-refractivity contribution in [1.29, 1.82) is 0 Å². The highest BCUT2D eigenvalue weighted by Gasteiger charge is 2.08. The molecule has 3 N–H and O–H groups in total. The molecule has 0 aromatic heterocycles. The van der Waals surface area contributed by atoms with Crippen molar-refractivity contribution in [1.82, 2.24) is 5.32 Å². The van der Waals surface area contributed by atoms with E-state index >= 15 is 0 Å². The Morgan fingerprint density at radius 2 is 1.74 bits per heavy atom. The normalized spacial score (nSPS) is 11.3. The SMILES string of the molecule is Cc1ccc(C)c(CC(=O)NCc2ccc(S(N)(=O)=O)cc2)c1. The zero-order chi connectivity index (χ0) is 17.0. The molecule has 0 saturated carbocycles. The number of sulfonamides is 1. The summed E-state index contributed by atoms with van der Waals surface area (Å²) in [6.45, 7) is 4.32. The van der Waals surface area contributed by atoms with Gasteiger partial charge in [-0.2, -0.15) is 0 Å². The fourth-order valence-corrected chi connectivity index (χ4v) is 2.74. The molecule has 2 aromatic carbocycles. The van der Waals surface area contributed by atoms with Crippen molar-refractivity contribution in [2.75, 3.05) is 0 Å². The maximum atomic E-state index is 12.0. The molecule has 6 heteroatoms. The minimum Gasteiger partial charge on any atom is -0.352 e. The van der Waals surface area contributed by atoms with Gasteiger partial charge in [-0.25, -0.2) is 13.6 Å². The topological polar surface area (TPSA) is 89.3 Å². The van der Waals surface area contributed by atoms with Crippen LogP contribution < -0.4 is 10.5 Å². The fourth-order valence-electron chi connectivity index (χ4n) is 2.22. The lowest BCUT2D eigenvalue weighted by Gasteiger charge is -2.09. The second-order valence-electron chi connectivity index (χ2n) is 5.57. The summed E-state index contributed by atoms with van der Waals surface area (Å²) >= 11 is 0. The standard InChI is InChI=1S/C17H20N2O3S/c1-12-3-4-13(2)15(9-12)10-17(20)19-11-14-5-7-16(8-6-14)23(18,21)22/h3-9H,10-11H2,1-2H3,(H,19,20)(H2,18,21,22). The van der Waals surface area contributed by atoms with Crippen LogP contribution in [0.1, 0.15) is 22.3 Å². The van der Waals surface area contributed by atoms with Gasteiger partial charge < -0.3 is 5.32 Å². The van der Waals surface area contributed by atoms with Gasteiger partial charge in [-0.15, -0.1) is 0 Å². The summed E-state index contributed by atoms with van der Waals surface area (Å²) in [7, 11) is -3.69. The molecule has 0 fully saturated rings. The van der Waals surface area contributed by atoms with Crippen LogP contribution in [0.25, 0.3) is 0 Å². The van der Waals surface area contributed by atoms with Crippen LogP contribution >= 0.6 is 0 Å². The second-order valence-corrected chi connectivity index (χ2v) is 7.13. The van der Waals surface area contributed by atoms with Crippen LogP contribution in [0.15, 0.2) is 47.4 Å². The molecular weight excluding hydrogens is 312 g/mol. The van der Waals surface area contributed by atoms with Gasteiger partial charge >= 0.3 is 0 Å². The Labute approximate surface area is 136 Å². The minimum absolute atomic E-state index is 0.0583.